The van der Waals surface area contributed by atoms with Crippen molar-refractivity contribution in [3.05, 3.63) is 48.0 Å². The Morgan fingerprint density at radius 3 is 1.94 bits per heavy atom. The summed E-state index contributed by atoms with van der Waals surface area (Å²) in [5.41, 5.74) is 3.20. The average molecular weight is 465 g/mol. The van der Waals surface area contributed by atoms with Crippen molar-refractivity contribution < 1.29 is 24.3 Å². The van der Waals surface area contributed by atoms with Crippen molar-refractivity contribution in [2.24, 2.45) is 0 Å². The smallest absolute Gasteiger partial charge is 0.411 e. The maximum Gasteiger partial charge on any atom is 0.411 e. The Labute approximate surface area is 198 Å². The molecule has 1 fully saturated rings. The zero-order valence-corrected chi connectivity index (χ0v) is 19.5. The van der Waals surface area contributed by atoms with Crippen molar-refractivity contribution >= 4 is 35.2 Å². The highest BCUT2D eigenvalue weighted by Crippen LogP contribution is 2.39. The summed E-state index contributed by atoms with van der Waals surface area (Å²) in [4.78, 5) is 54.8. The molecule has 1 N–H and O–H groups in total. The van der Waals surface area contributed by atoms with Crippen LogP contribution in [0.2, 0.25) is 0 Å². The van der Waals surface area contributed by atoms with Gasteiger partial charge in [-0.05, 0) is 42.3 Å². The number of hydrogen-bond acceptors (Lipinski definition) is 4. The molecule has 34 heavy (non-hydrogen) atoms. The first-order valence-corrected chi connectivity index (χ1v) is 11.3. The molecule has 1 saturated heterocycles. The topological polar surface area (TPSA) is 101 Å². The maximum absolute atomic E-state index is 12.9. The Hall–Kier alpha value is -3.88. The molecule has 2 aliphatic heterocycles. The van der Waals surface area contributed by atoms with Gasteiger partial charge in [-0.3, -0.25) is 19.3 Å². The predicted octanol–water partition coefficient (Wildman–Crippen LogP) is 2.90. The lowest BCUT2D eigenvalue weighted by molar-refractivity contribution is -0.130. The van der Waals surface area contributed by atoms with E-state index < -0.39 is 6.09 Å². The van der Waals surface area contributed by atoms with E-state index in [1.165, 1.54) is 18.7 Å². The second kappa shape index (κ2) is 9.17. The van der Waals surface area contributed by atoms with Gasteiger partial charge in [0.15, 0.2) is 0 Å². The molecule has 0 spiro atoms. The van der Waals surface area contributed by atoms with Crippen LogP contribution in [-0.4, -0.2) is 77.5 Å². The average Bonchev–Trinajstić information content (AvgIpc) is 2.82. The number of rotatable bonds is 2. The van der Waals surface area contributed by atoms with Crippen LogP contribution in [-0.2, 0) is 9.59 Å². The predicted molar refractivity (Wildman–Crippen MR) is 128 cm³/mol. The molecule has 2 heterocycles. The molecule has 0 bridgehead atoms. The summed E-state index contributed by atoms with van der Waals surface area (Å²) in [6.45, 7) is 7.08. The third-order valence-corrected chi connectivity index (χ3v) is 6.46. The lowest BCUT2D eigenvalue weighted by atomic mass is 9.99. The number of hydrogen-bond donors (Lipinski definition) is 1. The number of carboxylic acid groups (broad SMARTS) is 1. The van der Waals surface area contributed by atoms with Crippen molar-refractivity contribution in [3.63, 3.8) is 0 Å². The van der Waals surface area contributed by atoms with Gasteiger partial charge >= 0.3 is 6.09 Å². The number of benzene rings is 2. The van der Waals surface area contributed by atoms with Crippen LogP contribution in [0.1, 0.15) is 31.1 Å². The van der Waals surface area contributed by atoms with E-state index >= 15 is 0 Å². The standard InChI is InChI=1S/C25H28N4O5/c1-16-15-28(25(33)34)23-14-21(8-9-22(23)29(16)18(3)31)19-4-6-20(7-5-19)24(32)27-12-10-26(11-13-27)17(2)30/h4-9,14,16H,10-13,15H2,1-3H3,(H,33,34)/t16-/m0/s1. The minimum absolute atomic E-state index is 0.0175. The second-order valence-corrected chi connectivity index (χ2v) is 8.71. The zero-order valence-electron chi connectivity index (χ0n) is 19.5. The van der Waals surface area contributed by atoms with Crippen LogP contribution in [0.15, 0.2) is 42.5 Å². The van der Waals surface area contributed by atoms with E-state index in [-0.39, 0.29) is 30.3 Å². The van der Waals surface area contributed by atoms with E-state index in [0.29, 0.717) is 43.1 Å². The molecular weight excluding hydrogens is 436 g/mol. The Kier molecular flexibility index (Phi) is 6.28. The van der Waals surface area contributed by atoms with E-state index in [2.05, 4.69) is 0 Å². The van der Waals surface area contributed by atoms with Crippen molar-refractivity contribution in [1.82, 2.24) is 9.80 Å². The fraction of sp³-hybridized carbons (Fsp3) is 0.360. The number of piperazine rings is 1. The molecular formula is C25H28N4O5. The largest absolute Gasteiger partial charge is 0.465 e. The van der Waals surface area contributed by atoms with Crippen molar-refractivity contribution in [1.29, 1.82) is 0 Å². The Morgan fingerprint density at radius 2 is 1.38 bits per heavy atom. The molecule has 2 aromatic carbocycles. The number of nitrogens with zero attached hydrogens (tertiary/aromatic N) is 4. The van der Waals surface area contributed by atoms with Crippen LogP contribution in [0.4, 0.5) is 16.2 Å². The molecule has 0 radical (unpaired) electrons. The number of carbonyl (C=O) groups is 4. The van der Waals surface area contributed by atoms with Crippen molar-refractivity contribution in [3.8, 4) is 11.1 Å². The van der Waals surface area contributed by atoms with Gasteiger partial charge in [-0.2, -0.15) is 0 Å². The van der Waals surface area contributed by atoms with E-state index in [1.807, 2.05) is 25.1 Å². The summed E-state index contributed by atoms with van der Waals surface area (Å²) < 4.78 is 0. The molecule has 9 nitrogen and oxygen atoms in total. The third kappa shape index (κ3) is 4.33. The first kappa shape index (κ1) is 23.3. The van der Waals surface area contributed by atoms with Gasteiger partial charge in [0.25, 0.3) is 5.91 Å². The van der Waals surface area contributed by atoms with Crippen LogP contribution in [0.25, 0.3) is 11.1 Å². The molecule has 178 valence electrons. The summed E-state index contributed by atoms with van der Waals surface area (Å²) in [7, 11) is 0. The zero-order chi connectivity index (χ0) is 24.6. The Balaban J connectivity index is 1.57. The van der Waals surface area contributed by atoms with Crippen LogP contribution in [0, 0.1) is 0 Å². The van der Waals surface area contributed by atoms with Crippen LogP contribution >= 0.6 is 0 Å². The molecule has 0 aromatic heterocycles. The van der Waals surface area contributed by atoms with Gasteiger partial charge in [0.1, 0.15) is 0 Å². The van der Waals surface area contributed by atoms with Gasteiger partial charge < -0.3 is 19.8 Å². The molecule has 2 aromatic rings. The molecule has 4 amide bonds. The summed E-state index contributed by atoms with van der Waals surface area (Å²) >= 11 is 0. The molecule has 9 heteroatoms. The number of amides is 4. The highest BCUT2D eigenvalue weighted by Gasteiger charge is 2.33. The monoisotopic (exact) mass is 464 g/mol. The van der Waals surface area contributed by atoms with Crippen molar-refractivity contribution in [2.45, 2.75) is 26.8 Å². The fourth-order valence-corrected chi connectivity index (χ4v) is 4.68. The van der Waals surface area contributed by atoms with Gasteiger partial charge in [0, 0.05) is 52.1 Å². The van der Waals surface area contributed by atoms with E-state index in [1.54, 1.807) is 39.0 Å². The molecule has 4 rings (SSSR count). The summed E-state index contributed by atoms with van der Waals surface area (Å²) in [5.74, 6) is -0.203. The molecule has 2 aliphatic rings. The minimum Gasteiger partial charge on any atom is -0.465 e. The maximum atomic E-state index is 12.9. The molecule has 1 atom stereocenters. The molecule has 0 unspecified atom stereocenters. The van der Waals surface area contributed by atoms with E-state index in [9.17, 15) is 24.3 Å². The highest BCUT2D eigenvalue weighted by atomic mass is 16.4. The lowest BCUT2D eigenvalue weighted by Gasteiger charge is -2.39. The number of anilines is 2. The summed E-state index contributed by atoms with van der Waals surface area (Å²) in [6.07, 6.45) is -1.07. The van der Waals surface area contributed by atoms with Gasteiger partial charge in [0.2, 0.25) is 11.8 Å². The quantitative estimate of drug-likeness (QED) is 0.737. The second-order valence-electron chi connectivity index (χ2n) is 8.71. The number of fused-ring (bicyclic) bond motifs is 1. The Bertz CT molecular complexity index is 1140. The Morgan fingerprint density at radius 1 is 0.794 bits per heavy atom. The van der Waals surface area contributed by atoms with Gasteiger partial charge in [-0.1, -0.05) is 18.2 Å². The van der Waals surface area contributed by atoms with Crippen LogP contribution in [0.5, 0.6) is 0 Å². The fourth-order valence-electron chi connectivity index (χ4n) is 4.68. The minimum atomic E-state index is -1.07. The summed E-state index contributed by atoms with van der Waals surface area (Å²) in [5, 5.41) is 9.72. The first-order chi connectivity index (χ1) is 16.2. The van der Waals surface area contributed by atoms with Gasteiger partial charge in [0.05, 0.1) is 17.4 Å². The van der Waals surface area contributed by atoms with Crippen LogP contribution in [0.3, 0.4) is 0 Å². The van der Waals surface area contributed by atoms with Gasteiger partial charge in [-0.25, -0.2) is 4.79 Å². The van der Waals surface area contributed by atoms with Crippen LogP contribution < -0.4 is 9.80 Å². The lowest BCUT2D eigenvalue weighted by Crippen LogP contribution is -2.51. The first-order valence-electron chi connectivity index (χ1n) is 11.3. The molecule has 0 aliphatic carbocycles. The van der Waals surface area contributed by atoms with E-state index in [4.69, 9.17) is 0 Å². The molecule has 0 saturated carbocycles. The normalized spacial score (nSPS) is 17.9. The van der Waals surface area contributed by atoms with E-state index in [0.717, 1.165) is 11.1 Å². The third-order valence-electron chi connectivity index (χ3n) is 6.46. The van der Waals surface area contributed by atoms with Crippen molar-refractivity contribution in [2.75, 3.05) is 42.5 Å². The highest BCUT2D eigenvalue weighted by molar-refractivity contribution is 6.03. The number of carbonyl (C=O) groups excluding carboxylic acids is 3. The SMILES string of the molecule is CC(=O)N1CCN(C(=O)c2ccc(-c3ccc4c(c3)N(C(=O)O)C[C@H](C)N4C(C)=O)cc2)CC1. The summed E-state index contributed by atoms with van der Waals surface area (Å²) in [6, 6.07) is 12.3. The van der Waals surface area contributed by atoms with Gasteiger partial charge in [-0.15, -0.1) is 0 Å².